The van der Waals surface area contributed by atoms with E-state index in [0.717, 1.165) is 11.8 Å². The molecule has 1 saturated carbocycles. The zero-order valence-corrected chi connectivity index (χ0v) is 8.61. The Morgan fingerprint density at radius 1 is 1.21 bits per heavy atom. The van der Waals surface area contributed by atoms with Crippen molar-refractivity contribution in [2.75, 3.05) is 20.1 Å². The molecule has 2 fully saturated rings. The van der Waals surface area contributed by atoms with Gasteiger partial charge in [-0.1, -0.05) is 6.07 Å². The van der Waals surface area contributed by atoms with Crippen LogP contribution in [0.15, 0.2) is 18.3 Å². The highest BCUT2D eigenvalue weighted by Crippen LogP contribution is 2.39. The lowest BCUT2D eigenvalue weighted by molar-refractivity contribution is 0.189. The molecule has 0 spiro atoms. The van der Waals surface area contributed by atoms with Gasteiger partial charge < -0.3 is 4.90 Å². The molecule has 0 N–H and O–H groups in total. The third-order valence-electron chi connectivity index (χ3n) is 3.34. The lowest BCUT2D eigenvalue weighted by Crippen LogP contribution is -2.41. The van der Waals surface area contributed by atoms with E-state index in [1.165, 1.54) is 37.2 Å². The van der Waals surface area contributed by atoms with E-state index < -0.39 is 0 Å². The smallest absolute Gasteiger partial charge is 0.0434 e. The van der Waals surface area contributed by atoms with Crippen molar-refractivity contribution in [1.29, 1.82) is 0 Å². The van der Waals surface area contributed by atoms with Crippen LogP contribution in [0.1, 0.15) is 35.9 Å². The minimum absolute atomic E-state index is 0.737. The van der Waals surface area contributed by atoms with Gasteiger partial charge in [-0.2, -0.15) is 0 Å². The van der Waals surface area contributed by atoms with Crippen molar-refractivity contribution in [2.24, 2.45) is 0 Å². The van der Waals surface area contributed by atoms with Crippen molar-refractivity contribution in [3.05, 3.63) is 29.6 Å². The molecular formula is C12H16N2. The van der Waals surface area contributed by atoms with Gasteiger partial charge in [0.15, 0.2) is 0 Å². The number of pyridine rings is 1. The second kappa shape index (κ2) is 3.06. The van der Waals surface area contributed by atoms with Gasteiger partial charge in [0.25, 0.3) is 0 Å². The number of aromatic nitrogens is 1. The average molecular weight is 188 g/mol. The van der Waals surface area contributed by atoms with Crippen molar-refractivity contribution < 1.29 is 0 Å². The Hall–Kier alpha value is -0.890. The van der Waals surface area contributed by atoms with E-state index in [4.69, 9.17) is 0 Å². The van der Waals surface area contributed by atoms with Crippen LogP contribution >= 0.6 is 0 Å². The van der Waals surface area contributed by atoms with Gasteiger partial charge in [-0.05, 0) is 31.5 Å². The molecule has 14 heavy (non-hydrogen) atoms. The SMILES string of the molecule is CN1CC(c2ccc(C3CC3)nc2)C1. The predicted octanol–water partition coefficient (Wildman–Crippen LogP) is 1.99. The standard InChI is InChI=1S/C12H16N2/c1-14-7-11(8-14)10-4-5-12(13-6-10)9-2-3-9/h4-6,9,11H,2-3,7-8H2,1H3. The zero-order chi connectivity index (χ0) is 9.54. The molecule has 0 unspecified atom stereocenters. The fraction of sp³-hybridized carbons (Fsp3) is 0.583. The van der Waals surface area contributed by atoms with Crippen molar-refractivity contribution in [3.63, 3.8) is 0 Å². The Bertz CT molecular complexity index is 321. The summed E-state index contributed by atoms with van der Waals surface area (Å²) in [4.78, 5) is 6.90. The average Bonchev–Trinajstić information content (AvgIpc) is 2.97. The van der Waals surface area contributed by atoms with Crippen LogP contribution in [0.4, 0.5) is 0 Å². The molecule has 1 aliphatic heterocycles. The normalized spacial score (nSPS) is 23.5. The Morgan fingerprint density at radius 2 is 2.00 bits per heavy atom. The number of nitrogens with zero attached hydrogens (tertiary/aromatic N) is 2. The molecule has 74 valence electrons. The number of likely N-dealkylation sites (N-methyl/N-ethyl adjacent to an activating group) is 1. The molecule has 2 aliphatic rings. The molecule has 0 amide bonds. The fourth-order valence-electron chi connectivity index (χ4n) is 2.19. The van der Waals surface area contributed by atoms with E-state index >= 15 is 0 Å². The maximum Gasteiger partial charge on any atom is 0.0434 e. The largest absolute Gasteiger partial charge is 0.305 e. The van der Waals surface area contributed by atoms with E-state index in [2.05, 4.69) is 35.3 Å². The fourth-order valence-corrected chi connectivity index (χ4v) is 2.19. The molecule has 0 radical (unpaired) electrons. The topological polar surface area (TPSA) is 16.1 Å². The lowest BCUT2D eigenvalue weighted by atomic mass is 9.93. The first-order valence-electron chi connectivity index (χ1n) is 5.47. The first-order valence-corrected chi connectivity index (χ1v) is 5.47. The second-order valence-electron chi connectivity index (χ2n) is 4.71. The summed E-state index contributed by atoms with van der Waals surface area (Å²) in [5, 5.41) is 0. The molecule has 3 rings (SSSR count). The molecule has 0 aromatic carbocycles. The number of rotatable bonds is 2. The third kappa shape index (κ3) is 1.44. The highest BCUT2D eigenvalue weighted by Gasteiger charge is 2.27. The summed E-state index contributed by atoms with van der Waals surface area (Å²) in [5.41, 5.74) is 2.73. The molecule has 2 heteroatoms. The van der Waals surface area contributed by atoms with E-state index in [9.17, 15) is 0 Å². The Balaban J connectivity index is 1.73. The first kappa shape index (κ1) is 8.42. The second-order valence-corrected chi connectivity index (χ2v) is 4.71. The number of likely N-dealkylation sites (tertiary alicyclic amines) is 1. The highest BCUT2D eigenvalue weighted by atomic mass is 15.2. The van der Waals surface area contributed by atoms with E-state index in [-0.39, 0.29) is 0 Å². The van der Waals surface area contributed by atoms with Crippen LogP contribution in [0.3, 0.4) is 0 Å². The molecule has 2 nitrogen and oxygen atoms in total. The quantitative estimate of drug-likeness (QED) is 0.705. The maximum atomic E-state index is 4.55. The van der Waals surface area contributed by atoms with Crippen LogP contribution in [0, 0.1) is 0 Å². The molecular weight excluding hydrogens is 172 g/mol. The summed E-state index contributed by atoms with van der Waals surface area (Å²) in [6, 6.07) is 4.50. The van der Waals surface area contributed by atoms with Gasteiger partial charge in [-0.3, -0.25) is 4.98 Å². The number of hydrogen-bond donors (Lipinski definition) is 0. The Labute approximate surface area is 85.0 Å². The van der Waals surface area contributed by atoms with Gasteiger partial charge in [0.1, 0.15) is 0 Å². The summed E-state index contributed by atoms with van der Waals surface area (Å²) in [6.07, 6.45) is 4.78. The van der Waals surface area contributed by atoms with Crippen molar-refractivity contribution >= 4 is 0 Å². The summed E-state index contributed by atoms with van der Waals surface area (Å²) < 4.78 is 0. The molecule has 1 aliphatic carbocycles. The highest BCUT2D eigenvalue weighted by molar-refractivity contribution is 5.24. The maximum absolute atomic E-state index is 4.55. The van der Waals surface area contributed by atoms with Gasteiger partial charge in [-0.15, -0.1) is 0 Å². The first-order chi connectivity index (χ1) is 6.83. The minimum atomic E-state index is 0.737. The third-order valence-corrected chi connectivity index (χ3v) is 3.34. The Morgan fingerprint density at radius 3 is 2.50 bits per heavy atom. The van der Waals surface area contributed by atoms with Gasteiger partial charge in [0.2, 0.25) is 0 Å². The van der Waals surface area contributed by atoms with Crippen molar-refractivity contribution in [2.45, 2.75) is 24.7 Å². The van der Waals surface area contributed by atoms with E-state index in [1.54, 1.807) is 0 Å². The molecule has 1 aromatic heterocycles. The van der Waals surface area contributed by atoms with Crippen LogP contribution in [0.25, 0.3) is 0 Å². The summed E-state index contributed by atoms with van der Waals surface area (Å²) in [6.45, 7) is 2.40. The van der Waals surface area contributed by atoms with Crippen molar-refractivity contribution in [3.8, 4) is 0 Å². The van der Waals surface area contributed by atoms with Crippen LogP contribution in [-0.4, -0.2) is 30.0 Å². The molecule has 2 heterocycles. The monoisotopic (exact) mass is 188 g/mol. The summed E-state index contributed by atoms with van der Waals surface area (Å²) in [7, 11) is 2.17. The minimum Gasteiger partial charge on any atom is -0.305 e. The zero-order valence-electron chi connectivity index (χ0n) is 8.61. The molecule has 1 aromatic rings. The number of hydrogen-bond acceptors (Lipinski definition) is 2. The van der Waals surface area contributed by atoms with E-state index in [0.29, 0.717) is 0 Å². The van der Waals surface area contributed by atoms with Crippen LogP contribution in [-0.2, 0) is 0 Å². The summed E-state index contributed by atoms with van der Waals surface area (Å²) >= 11 is 0. The van der Waals surface area contributed by atoms with Gasteiger partial charge in [-0.25, -0.2) is 0 Å². The van der Waals surface area contributed by atoms with Gasteiger partial charge in [0, 0.05) is 36.8 Å². The summed E-state index contributed by atoms with van der Waals surface area (Å²) in [5.74, 6) is 1.52. The van der Waals surface area contributed by atoms with Gasteiger partial charge >= 0.3 is 0 Å². The molecule has 1 saturated heterocycles. The molecule has 0 atom stereocenters. The lowest BCUT2D eigenvalue weighted by Gasteiger charge is -2.36. The molecule has 0 bridgehead atoms. The van der Waals surface area contributed by atoms with Crippen LogP contribution in [0.5, 0.6) is 0 Å². The van der Waals surface area contributed by atoms with Crippen LogP contribution in [0.2, 0.25) is 0 Å². The Kier molecular flexibility index (Phi) is 1.84. The van der Waals surface area contributed by atoms with Crippen LogP contribution < -0.4 is 0 Å². The van der Waals surface area contributed by atoms with E-state index in [1.807, 2.05) is 0 Å². The van der Waals surface area contributed by atoms with Gasteiger partial charge in [0.05, 0.1) is 0 Å². The predicted molar refractivity (Wildman–Crippen MR) is 56.5 cm³/mol. The van der Waals surface area contributed by atoms with Crippen molar-refractivity contribution in [1.82, 2.24) is 9.88 Å².